The molecule has 3 unspecified atom stereocenters. The first-order valence-corrected chi connectivity index (χ1v) is 9.16. The van der Waals surface area contributed by atoms with Crippen LogP contribution in [0.4, 0.5) is 0 Å². The monoisotopic (exact) mass is 283 g/mol. The third-order valence-corrected chi connectivity index (χ3v) is 5.15. The normalized spacial score (nSPS) is 26.2. The lowest BCUT2D eigenvalue weighted by Crippen LogP contribution is -2.27. The van der Waals surface area contributed by atoms with E-state index in [9.17, 15) is 0 Å². The van der Waals surface area contributed by atoms with Gasteiger partial charge in [0.05, 0.1) is 0 Å². The van der Waals surface area contributed by atoms with Crippen molar-refractivity contribution in [2.75, 3.05) is 6.61 Å². The van der Waals surface area contributed by atoms with Gasteiger partial charge < -0.3 is 10.8 Å². The minimum absolute atomic E-state index is 0.361. The van der Waals surface area contributed by atoms with Gasteiger partial charge in [-0.25, -0.2) is 0 Å². The molecule has 2 heteroatoms. The zero-order valence-electron chi connectivity index (χ0n) is 13.7. The molecule has 0 saturated heterocycles. The second-order valence-electron chi connectivity index (χ2n) is 6.79. The number of hydrogen-bond donors (Lipinski definition) is 2. The molecule has 0 spiro atoms. The highest BCUT2D eigenvalue weighted by Gasteiger charge is 2.32. The summed E-state index contributed by atoms with van der Waals surface area (Å²) in [4.78, 5) is 0. The van der Waals surface area contributed by atoms with Crippen LogP contribution in [0.25, 0.3) is 0 Å². The molecule has 1 aliphatic rings. The molecule has 1 aliphatic carbocycles. The molecule has 0 amide bonds. The standard InChI is InChI=1S/C18H37NO/c1-2-3-8-12-17-16(13-14-18(17)19)11-9-6-4-5-7-10-15-20/h16-18,20H,2-15,19H2,1H3. The van der Waals surface area contributed by atoms with Gasteiger partial charge >= 0.3 is 0 Å². The Morgan fingerprint density at radius 3 is 2.20 bits per heavy atom. The smallest absolute Gasteiger partial charge is 0.0431 e. The highest BCUT2D eigenvalue weighted by atomic mass is 16.2. The van der Waals surface area contributed by atoms with Gasteiger partial charge in [-0.2, -0.15) is 0 Å². The first kappa shape index (κ1) is 18.0. The fraction of sp³-hybridized carbons (Fsp3) is 1.00. The fourth-order valence-corrected chi connectivity index (χ4v) is 3.85. The quantitative estimate of drug-likeness (QED) is 0.512. The summed E-state index contributed by atoms with van der Waals surface area (Å²) in [5, 5.41) is 8.74. The lowest BCUT2D eigenvalue weighted by Gasteiger charge is -2.22. The predicted molar refractivity (Wildman–Crippen MR) is 87.7 cm³/mol. The molecule has 0 aromatic heterocycles. The topological polar surface area (TPSA) is 46.2 Å². The highest BCUT2D eigenvalue weighted by Crippen LogP contribution is 2.37. The minimum atomic E-state index is 0.361. The Hall–Kier alpha value is -0.0800. The van der Waals surface area contributed by atoms with Crippen molar-refractivity contribution in [3.63, 3.8) is 0 Å². The van der Waals surface area contributed by atoms with Crippen molar-refractivity contribution in [3.05, 3.63) is 0 Å². The summed E-state index contributed by atoms with van der Waals surface area (Å²) >= 11 is 0. The Kier molecular flexibility index (Phi) is 10.4. The summed E-state index contributed by atoms with van der Waals surface area (Å²) < 4.78 is 0. The van der Waals surface area contributed by atoms with E-state index in [1.807, 2.05) is 0 Å². The lowest BCUT2D eigenvalue weighted by atomic mass is 9.85. The largest absolute Gasteiger partial charge is 0.396 e. The minimum Gasteiger partial charge on any atom is -0.396 e. The van der Waals surface area contributed by atoms with Crippen molar-refractivity contribution in [2.24, 2.45) is 17.6 Å². The molecule has 0 bridgehead atoms. The van der Waals surface area contributed by atoms with Crippen LogP contribution in [0.3, 0.4) is 0 Å². The number of rotatable bonds is 12. The Balaban J connectivity index is 2.08. The van der Waals surface area contributed by atoms with Crippen LogP contribution in [-0.2, 0) is 0 Å². The first-order chi connectivity index (χ1) is 9.79. The zero-order valence-corrected chi connectivity index (χ0v) is 13.7. The van der Waals surface area contributed by atoms with Crippen LogP contribution in [-0.4, -0.2) is 17.8 Å². The van der Waals surface area contributed by atoms with Gasteiger partial charge in [0.2, 0.25) is 0 Å². The van der Waals surface area contributed by atoms with Crippen molar-refractivity contribution in [1.29, 1.82) is 0 Å². The van der Waals surface area contributed by atoms with Gasteiger partial charge in [-0.3, -0.25) is 0 Å². The van der Waals surface area contributed by atoms with Gasteiger partial charge in [0.25, 0.3) is 0 Å². The van der Waals surface area contributed by atoms with Gasteiger partial charge in [0.15, 0.2) is 0 Å². The molecule has 3 N–H and O–H groups in total. The van der Waals surface area contributed by atoms with Crippen LogP contribution in [0.2, 0.25) is 0 Å². The number of hydrogen-bond acceptors (Lipinski definition) is 2. The van der Waals surface area contributed by atoms with Crippen molar-refractivity contribution < 1.29 is 5.11 Å². The number of unbranched alkanes of at least 4 members (excludes halogenated alkanes) is 7. The molecular formula is C18H37NO. The van der Waals surface area contributed by atoms with Gasteiger partial charge in [-0.05, 0) is 37.5 Å². The molecule has 0 heterocycles. The van der Waals surface area contributed by atoms with Crippen LogP contribution < -0.4 is 5.73 Å². The Labute approximate surface area is 126 Å². The molecule has 0 aromatic rings. The number of nitrogens with two attached hydrogens (primary N) is 1. The van der Waals surface area contributed by atoms with Crippen LogP contribution in [0.15, 0.2) is 0 Å². The van der Waals surface area contributed by atoms with Crippen molar-refractivity contribution in [3.8, 4) is 0 Å². The zero-order chi connectivity index (χ0) is 14.6. The van der Waals surface area contributed by atoms with Crippen LogP contribution in [0.5, 0.6) is 0 Å². The molecule has 2 nitrogen and oxygen atoms in total. The summed E-state index contributed by atoms with van der Waals surface area (Å²) in [5.41, 5.74) is 6.31. The fourth-order valence-electron chi connectivity index (χ4n) is 3.85. The van der Waals surface area contributed by atoms with E-state index in [0.717, 1.165) is 18.3 Å². The number of aliphatic hydroxyl groups excluding tert-OH is 1. The molecule has 1 rings (SSSR count). The van der Waals surface area contributed by atoms with E-state index in [4.69, 9.17) is 10.8 Å². The summed E-state index contributed by atoms with van der Waals surface area (Å²) in [5.74, 6) is 1.73. The Bertz CT molecular complexity index is 219. The van der Waals surface area contributed by atoms with E-state index in [-0.39, 0.29) is 0 Å². The SMILES string of the molecule is CCCCCC1C(N)CCC1CCCCCCCCO. The molecule has 0 radical (unpaired) electrons. The van der Waals surface area contributed by atoms with Crippen LogP contribution >= 0.6 is 0 Å². The summed E-state index contributed by atoms with van der Waals surface area (Å²) in [6.45, 7) is 2.64. The molecule has 0 aromatic carbocycles. The van der Waals surface area contributed by atoms with E-state index in [1.165, 1.54) is 77.0 Å². The van der Waals surface area contributed by atoms with Gasteiger partial charge in [0.1, 0.15) is 0 Å². The number of aliphatic hydroxyl groups is 1. The second-order valence-corrected chi connectivity index (χ2v) is 6.79. The predicted octanol–water partition coefficient (Wildman–Crippen LogP) is 4.64. The van der Waals surface area contributed by atoms with Crippen molar-refractivity contribution in [2.45, 2.75) is 96.4 Å². The van der Waals surface area contributed by atoms with Gasteiger partial charge in [-0.15, -0.1) is 0 Å². The Morgan fingerprint density at radius 2 is 1.50 bits per heavy atom. The summed E-state index contributed by atoms with van der Waals surface area (Å²) in [6.07, 6.45) is 17.1. The van der Waals surface area contributed by atoms with Gasteiger partial charge in [-0.1, -0.05) is 64.7 Å². The van der Waals surface area contributed by atoms with Gasteiger partial charge in [0, 0.05) is 12.6 Å². The molecular weight excluding hydrogens is 246 g/mol. The van der Waals surface area contributed by atoms with Crippen molar-refractivity contribution in [1.82, 2.24) is 0 Å². The van der Waals surface area contributed by atoms with E-state index in [0.29, 0.717) is 12.6 Å². The van der Waals surface area contributed by atoms with E-state index >= 15 is 0 Å². The third kappa shape index (κ3) is 7.08. The molecule has 120 valence electrons. The lowest BCUT2D eigenvalue weighted by molar-refractivity contribution is 0.281. The van der Waals surface area contributed by atoms with Crippen LogP contribution in [0.1, 0.15) is 90.4 Å². The first-order valence-electron chi connectivity index (χ1n) is 9.16. The highest BCUT2D eigenvalue weighted by molar-refractivity contribution is 4.87. The van der Waals surface area contributed by atoms with E-state index < -0.39 is 0 Å². The molecule has 20 heavy (non-hydrogen) atoms. The van der Waals surface area contributed by atoms with E-state index in [2.05, 4.69) is 6.92 Å². The Morgan fingerprint density at radius 1 is 0.850 bits per heavy atom. The maximum atomic E-state index is 8.74. The van der Waals surface area contributed by atoms with Crippen LogP contribution in [0, 0.1) is 11.8 Å². The molecule has 1 saturated carbocycles. The molecule has 0 aliphatic heterocycles. The molecule has 3 atom stereocenters. The van der Waals surface area contributed by atoms with E-state index in [1.54, 1.807) is 0 Å². The van der Waals surface area contributed by atoms with Crippen molar-refractivity contribution >= 4 is 0 Å². The maximum absolute atomic E-state index is 8.74. The third-order valence-electron chi connectivity index (χ3n) is 5.15. The summed E-state index contributed by atoms with van der Waals surface area (Å²) in [6, 6.07) is 0.487. The molecule has 1 fully saturated rings. The second kappa shape index (κ2) is 11.6. The summed E-state index contributed by atoms with van der Waals surface area (Å²) in [7, 11) is 0. The average molecular weight is 283 g/mol. The maximum Gasteiger partial charge on any atom is 0.0431 e. The average Bonchev–Trinajstić information content (AvgIpc) is 2.79.